The highest BCUT2D eigenvalue weighted by Crippen LogP contribution is 2.37. The van der Waals surface area contributed by atoms with Crippen LogP contribution in [0.1, 0.15) is 40.3 Å². The Morgan fingerprint density at radius 3 is 2.43 bits per heavy atom. The molecule has 4 N–H and O–H groups in total. The fourth-order valence-corrected chi connectivity index (χ4v) is 4.97. The van der Waals surface area contributed by atoms with Gasteiger partial charge in [0.05, 0.1) is 29.3 Å². The molecule has 1 aliphatic heterocycles. The summed E-state index contributed by atoms with van der Waals surface area (Å²) < 4.78 is 0. The fourth-order valence-electron chi connectivity index (χ4n) is 4.97. The predicted octanol–water partition coefficient (Wildman–Crippen LogP) is 3.23. The summed E-state index contributed by atoms with van der Waals surface area (Å²) in [6.45, 7) is 2.77. The molecule has 5 rings (SSSR count). The number of pyridine rings is 1. The molecule has 1 fully saturated rings. The highest BCUT2D eigenvalue weighted by molar-refractivity contribution is 6.01. The van der Waals surface area contributed by atoms with Gasteiger partial charge in [-0.3, -0.25) is 19.4 Å². The molecular weight excluding hydrogens is 558 g/mol. The average molecular weight is 596 g/mol. The lowest BCUT2D eigenvalue weighted by Crippen LogP contribution is -2.35. The topological polar surface area (TPSA) is 144 Å². The molecule has 1 aliphatic carbocycles. The molecule has 3 aromatic rings. The summed E-state index contributed by atoms with van der Waals surface area (Å²) in [6.07, 6.45) is 5.46. The van der Waals surface area contributed by atoms with Crippen LogP contribution in [0.4, 0.5) is 22.9 Å². The first kappa shape index (κ1) is 30.2. The van der Waals surface area contributed by atoms with Crippen LogP contribution < -0.4 is 26.2 Å². The molecule has 2 aliphatic rings. The number of carbonyl (C=O) groups is 3. The van der Waals surface area contributed by atoms with Gasteiger partial charge < -0.3 is 31.1 Å². The zero-order valence-electron chi connectivity index (χ0n) is 25.6. The van der Waals surface area contributed by atoms with E-state index in [0.717, 1.165) is 46.7 Å². The Labute approximate surface area is 256 Å². The van der Waals surface area contributed by atoms with Crippen LogP contribution in [-0.4, -0.2) is 72.5 Å². The van der Waals surface area contributed by atoms with Crippen LogP contribution in [0.3, 0.4) is 0 Å². The minimum Gasteiger partial charge on any atom is -0.376 e. The van der Waals surface area contributed by atoms with Crippen molar-refractivity contribution >= 4 is 46.2 Å². The number of aryl methyl sites for hydroxylation is 1. The van der Waals surface area contributed by atoms with E-state index in [1.54, 1.807) is 24.1 Å². The maximum absolute atomic E-state index is 13.2. The molecule has 3 amide bonds. The van der Waals surface area contributed by atoms with Gasteiger partial charge in [0.25, 0.3) is 11.8 Å². The third-order valence-electron chi connectivity index (χ3n) is 7.38. The summed E-state index contributed by atoms with van der Waals surface area (Å²) >= 11 is 0. The van der Waals surface area contributed by atoms with Crippen LogP contribution in [0, 0.1) is 12.8 Å². The monoisotopic (exact) mass is 595 g/mol. The number of nitrogens with zero attached hydrogens (tertiary/aromatic N) is 5. The number of benzene rings is 1. The zero-order valence-corrected chi connectivity index (χ0v) is 25.6. The second-order valence-corrected chi connectivity index (χ2v) is 11.1. The minimum atomic E-state index is -0.410. The SMILES string of the molecule is CNC(=O)c1nnc(NC(=O)C2CC2)cc1Nc1cccc(C2=CC=C(C(=O)N(C)Cc3cccc(C)n3)NC2)c1N(C)C. The summed E-state index contributed by atoms with van der Waals surface area (Å²) in [6, 6.07) is 13.2. The van der Waals surface area contributed by atoms with Gasteiger partial charge in [0.1, 0.15) is 5.70 Å². The molecule has 2 aromatic heterocycles. The van der Waals surface area contributed by atoms with Crippen LogP contribution in [0.15, 0.2) is 60.3 Å². The van der Waals surface area contributed by atoms with E-state index in [-0.39, 0.29) is 29.2 Å². The van der Waals surface area contributed by atoms with Crippen molar-refractivity contribution in [1.82, 2.24) is 30.7 Å². The van der Waals surface area contributed by atoms with Crippen LogP contribution in [0.2, 0.25) is 0 Å². The number of hydrogen-bond donors (Lipinski definition) is 4. The predicted molar refractivity (Wildman–Crippen MR) is 170 cm³/mol. The third-order valence-corrected chi connectivity index (χ3v) is 7.38. The number of carbonyl (C=O) groups excluding carboxylic acids is 3. The fraction of sp³-hybridized carbons (Fsp3) is 0.312. The molecule has 3 heterocycles. The molecule has 0 radical (unpaired) electrons. The molecule has 0 spiro atoms. The van der Waals surface area contributed by atoms with Crippen LogP contribution in [0.5, 0.6) is 0 Å². The van der Waals surface area contributed by atoms with E-state index < -0.39 is 5.91 Å². The average Bonchev–Trinajstić information content (AvgIpc) is 3.86. The number of dihydropyridines is 1. The second kappa shape index (κ2) is 12.9. The van der Waals surface area contributed by atoms with Gasteiger partial charge in [0.2, 0.25) is 5.91 Å². The number of para-hydroxylation sites is 1. The number of nitrogens with one attached hydrogen (secondary N) is 4. The molecule has 0 bridgehead atoms. The smallest absolute Gasteiger partial charge is 0.273 e. The van der Waals surface area contributed by atoms with E-state index in [9.17, 15) is 14.4 Å². The molecule has 12 nitrogen and oxygen atoms in total. The Hall–Kier alpha value is -5.26. The number of amides is 3. The molecule has 0 unspecified atom stereocenters. The van der Waals surface area contributed by atoms with Gasteiger partial charge in [-0.05, 0) is 49.6 Å². The van der Waals surface area contributed by atoms with E-state index >= 15 is 0 Å². The lowest BCUT2D eigenvalue weighted by molar-refractivity contribution is -0.126. The molecular formula is C32H37N9O3. The maximum atomic E-state index is 13.2. The Morgan fingerprint density at radius 2 is 1.77 bits per heavy atom. The van der Waals surface area contributed by atoms with Crippen molar-refractivity contribution in [3.63, 3.8) is 0 Å². The molecule has 44 heavy (non-hydrogen) atoms. The maximum Gasteiger partial charge on any atom is 0.273 e. The Bertz CT molecular complexity index is 1660. The van der Waals surface area contributed by atoms with Gasteiger partial charge in [-0.2, -0.15) is 0 Å². The number of rotatable bonds is 10. The first-order valence-electron chi connectivity index (χ1n) is 14.5. The number of likely N-dealkylation sites (N-methyl/N-ethyl adjacent to an activating group) is 1. The van der Waals surface area contributed by atoms with Crippen molar-refractivity contribution in [2.75, 3.05) is 50.3 Å². The largest absolute Gasteiger partial charge is 0.376 e. The number of anilines is 4. The molecule has 1 saturated carbocycles. The van der Waals surface area contributed by atoms with Crippen LogP contribution in [-0.2, 0) is 16.1 Å². The number of aromatic nitrogens is 3. The van der Waals surface area contributed by atoms with Gasteiger partial charge in [0.15, 0.2) is 11.5 Å². The third kappa shape index (κ3) is 6.86. The molecule has 12 heteroatoms. The number of hydrogen-bond acceptors (Lipinski definition) is 9. The van der Waals surface area contributed by atoms with Gasteiger partial charge >= 0.3 is 0 Å². The van der Waals surface area contributed by atoms with E-state index in [0.29, 0.717) is 24.5 Å². The van der Waals surface area contributed by atoms with Crippen molar-refractivity contribution in [2.45, 2.75) is 26.3 Å². The summed E-state index contributed by atoms with van der Waals surface area (Å²) in [4.78, 5) is 46.3. The Kier molecular flexibility index (Phi) is 8.88. The van der Waals surface area contributed by atoms with Crippen molar-refractivity contribution in [3.05, 3.63) is 83.0 Å². The van der Waals surface area contributed by atoms with Crippen molar-refractivity contribution < 1.29 is 14.4 Å². The highest BCUT2D eigenvalue weighted by atomic mass is 16.2. The quantitative estimate of drug-likeness (QED) is 0.278. The van der Waals surface area contributed by atoms with E-state index in [2.05, 4.69) is 36.4 Å². The van der Waals surface area contributed by atoms with Gasteiger partial charge in [-0.25, -0.2) is 0 Å². The van der Waals surface area contributed by atoms with Gasteiger partial charge in [-0.1, -0.05) is 24.3 Å². The lowest BCUT2D eigenvalue weighted by Gasteiger charge is -2.26. The second-order valence-electron chi connectivity index (χ2n) is 11.1. The molecule has 1 aromatic carbocycles. The van der Waals surface area contributed by atoms with E-state index in [1.165, 1.54) is 7.05 Å². The summed E-state index contributed by atoms with van der Waals surface area (Å²) in [5, 5.41) is 20.2. The zero-order chi connectivity index (χ0) is 31.4. The first-order valence-corrected chi connectivity index (χ1v) is 14.5. The molecule has 0 saturated heterocycles. The lowest BCUT2D eigenvalue weighted by atomic mass is 9.99. The minimum absolute atomic E-state index is 0.00312. The van der Waals surface area contributed by atoms with Crippen LogP contribution in [0.25, 0.3) is 5.57 Å². The van der Waals surface area contributed by atoms with Gasteiger partial charge in [0, 0.05) is 58.0 Å². The Morgan fingerprint density at radius 1 is 1.00 bits per heavy atom. The number of allylic oxidation sites excluding steroid dienone is 2. The van der Waals surface area contributed by atoms with Crippen molar-refractivity contribution in [3.8, 4) is 0 Å². The van der Waals surface area contributed by atoms with E-state index in [4.69, 9.17) is 0 Å². The summed E-state index contributed by atoms with van der Waals surface area (Å²) in [7, 11) is 7.16. The molecule has 228 valence electrons. The first-order chi connectivity index (χ1) is 21.1. The van der Waals surface area contributed by atoms with Gasteiger partial charge in [-0.15, -0.1) is 10.2 Å². The van der Waals surface area contributed by atoms with E-state index in [1.807, 2.05) is 68.4 Å². The standard InChI is InChI=1S/C32H37N9O3/c1-19-8-6-9-22(35-19)18-41(5)32(44)25-15-14-21(17-34-25)23-10-7-11-24(29(23)40(3)4)36-26-16-27(37-30(42)20-12-13-20)38-39-28(26)31(43)33-2/h6-11,14-16,20,34H,12-13,17-18H2,1-5H3,(H,33,43)(H2,36,37,38,42). The highest BCUT2D eigenvalue weighted by Gasteiger charge is 2.30. The van der Waals surface area contributed by atoms with Crippen molar-refractivity contribution in [2.24, 2.45) is 5.92 Å². The normalized spacial score (nSPS) is 14.0. The molecule has 0 atom stereocenters. The van der Waals surface area contributed by atoms with Crippen molar-refractivity contribution in [1.29, 1.82) is 0 Å². The summed E-state index contributed by atoms with van der Waals surface area (Å²) in [5.41, 5.74) is 6.26. The Balaban J connectivity index is 1.41. The summed E-state index contributed by atoms with van der Waals surface area (Å²) in [5.74, 6) is -0.369. The van der Waals surface area contributed by atoms with Crippen LogP contribution >= 0.6 is 0 Å².